The zero-order valence-electron chi connectivity index (χ0n) is 16.6. The lowest BCUT2D eigenvalue weighted by Gasteiger charge is -2.12. The van der Waals surface area contributed by atoms with E-state index in [1.807, 2.05) is 19.1 Å². The number of para-hydroxylation sites is 2. The van der Waals surface area contributed by atoms with Crippen molar-refractivity contribution in [1.29, 1.82) is 0 Å². The molecule has 2 aromatic carbocycles. The molecule has 2 aromatic heterocycles. The van der Waals surface area contributed by atoms with Crippen LogP contribution in [0.3, 0.4) is 0 Å². The summed E-state index contributed by atoms with van der Waals surface area (Å²) in [6.07, 6.45) is 0. The van der Waals surface area contributed by atoms with Crippen molar-refractivity contribution in [2.24, 2.45) is 0 Å². The minimum absolute atomic E-state index is 0.230. The molecule has 1 N–H and O–H groups in total. The summed E-state index contributed by atoms with van der Waals surface area (Å²) in [4.78, 5) is 37.8. The van der Waals surface area contributed by atoms with Gasteiger partial charge in [0, 0.05) is 11.9 Å². The number of benzene rings is 2. The first-order valence-electron chi connectivity index (χ1n) is 9.67. The van der Waals surface area contributed by atoms with Gasteiger partial charge in [0.05, 0.1) is 28.8 Å². The molecular weight excluding hydrogens is 384 g/mol. The van der Waals surface area contributed by atoms with Gasteiger partial charge in [-0.2, -0.15) is 0 Å². The number of aromatic nitrogens is 1. The van der Waals surface area contributed by atoms with Crippen LogP contribution in [0.15, 0.2) is 63.8 Å². The van der Waals surface area contributed by atoms with E-state index in [0.29, 0.717) is 34.4 Å². The van der Waals surface area contributed by atoms with Crippen molar-refractivity contribution in [3.63, 3.8) is 0 Å². The number of carbonyl (C=O) groups is 2. The molecule has 1 amide bonds. The lowest BCUT2D eigenvalue weighted by molar-refractivity contribution is 0.0527. The first-order chi connectivity index (χ1) is 14.5. The summed E-state index contributed by atoms with van der Waals surface area (Å²) in [6, 6.07) is 15.4. The molecule has 0 atom stereocenters. The van der Waals surface area contributed by atoms with Gasteiger partial charge in [-0.15, -0.1) is 0 Å². The number of rotatable bonds is 5. The van der Waals surface area contributed by atoms with Crippen molar-refractivity contribution < 1.29 is 18.7 Å². The van der Waals surface area contributed by atoms with E-state index >= 15 is 0 Å². The van der Waals surface area contributed by atoms with Crippen molar-refractivity contribution in [1.82, 2.24) is 4.57 Å². The number of esters is 1. The minimum atomic E-state index is -0.518. The van der Waals surface area contributed by atoms with E-state index in [-0.39, 0.29) is 12.2 Å². The van der Waals surface area contributed by atoms with Gasteiger partial charge in [0.15, 0.2) is 0 Å². The molecule has 0 aliphatic carbocycles. The smallest absolute Gasteiger partial charge is 0.345 e. The molecule has 0 aliphatic heterocycles. The molecule has 0 saturated carbocycles. The predicted molar refractivity (Wildman–Crippen MR) is 114 cm³/mol. The molecule has 7 nitrogen and oxygen atoms in total. The van der Waals surface area contributed by atoms with Crippen molar-refractivity contribution in [3.05, 3.63) is 76.3 Å². The molecule has 0 spiro atoms. The van der Waals surface area contributed by atoms with Crippen LogP contribution in [-0.2, 0) is 11.3 Å². The van der Waals surface area contributed by atoms with Gasteiger partial charge >= 0.3 is 11.6 Å². The summed E-state index contributed by atoms with van der Waals surface area (Å²) in [5.74, 6) is -0.954. The third-order valence-electron chi connectivity index (χ3n) is 4.88. The maximum atomic E-state index is 13.1. The van der Waals surface area contributed by atoms with Crippen LogP contribution in [0.5, 0.6) is 0 Å². The Morgan fingerprint density at radius 2 is 1.77 bits per heavy atom. The Morgan fingerprint density at radius 3 is 2.53 bits per heavy atom. The first kappa shape index (κ1) is 19.4. The van der Waals surface area contributed by atoms with Crippen LogP contribution in [0.2, 0.25) is 0 Å². The topological polar surface area (TPSA) is 90.5 Å². The second kappa shape index (κ2) is 7.87. The third kappa shape index (κ3) is 3.24. The zero-order valence-corrected chi connectivity index (χ0v) is 16.6. The summed E-state index contributed by atoms with van der Waals surface area (Å²) < 4.78 is 12.2. The molecule has 0 saturated heterocycles. The Hall–Kier alpha value is -3.87. The molecule has 152 valence electrons. The predicted octanol–water partition coefficient (Wildman–Crippen LogP) is 4.20. The van der Waals surface area contributed by atoms with Crippen LogP contribution in [0.25, 0.3) is 21.9 Å². The van der Waals surface area contributed by atoms with Gasteiger partial charge in [0.1, 0.15) is 11.3 Å². The van der Waals surface area contributed by atoms with E-state index in [4.69, 9.17) is 9.15 Å². The van der Waals surface area contributed by atoms with Crippen LogP contribution in [0, 0.1) is 0 Å². The standard InChI is InChI=1S/C23H20N2O5/c1-3-25-18(13-16-20(25)15-10-6-8-12-19(15)30-23(16)28)21(26)24-17-11-7-5-9-14(17)22(27)29-4-2/h5-13H,3-4H2,1-2H3,(H,24,26). The van der Waals surface area contributed by atoms with Crippen molar-refractivity contribution in [2.45, 2.75) is 20.4 Å². The fourth-order valence-corrected chi connectivity index (χ4v) is 3.58. The van der Waals surface area contributed by atoms with Crippen molar-refractivity contribution in [3.8, 4) is 0 Å². The largest absolute Gasteiger partial charge is 0.462 e. The SMILES string of the molecule is CCOC(=O)c1ccccc1NC(=O)c1cc2c(=O)oc3ccccc3c2n1CC. The van der Waals surface area contributed by atoms with E-state index in [2.05, 4.69) is 5.32 Å². The monoisotopic (exact) mass is 404 g/mol. The number of nitrogens with one attached hydrogen (secondary N) is 1. The van der Waals surface area contributed by atoms with Gasteiger partial charge in [-0.1, -0.05) is 24.3 Å². The van der Waals surface area contributed by atoms with E-state index < -0.39 is 17.5 Å². The van der Waals surface area contributed by atoms with Crippen LogP contribution in [0.4, 0.5) is 5.69 Å². The van der Waals surface area contributed by atoms with Gasteiger partial charge in [0.25, 0.3) is 5.91 Å². The van der Waals surface area contributed by atoms with Gasteiger partial charge in [-0.05, 0) is 44.2 Å². The Balaban J connectivity index is 1.82. The second-order valence-corrected chi connectivity index (χ2v) is 6.64. The van der Waals surface area contributed by atoms with Crippen LogP contribution in [-0.4, -0.2) is 23.1 Å². The number of aryl methyl sites for hydroxylation is 1. The number of anilines is 1. The summed E-state index contributed by atoms with van der Waals surface area (Å²) in [6.45, 7) is 4.31. The quantitative estimate of drug-likeness (QED) is 0.398. The number of carbonyl (C=O) groups excluding carboxylic acids is 2. The molecule has 4 rings (SSSR count). The van der Waals surface area contributed by atoms with Crippen molar-refractivity contribution in [2.75, 3.05) is 11.9 Å². The van der Waals surface area contributed by atoms with Gasteiger partial charge in [-0.25, -0.2) is 9.59 Å². The first-order valence-corrected chi connectivity index (χ1v) is 9.67. The number of hydrogen-bond acceptors (Lipinski definition) is 5. The summed E-state index contributed by atoms with van der Waals surface area (Å²) in [7, 11) is 0. The fraction of sp³-hybridized carbons (Fsp3) is 0.174. The minimum Gasteiger partial charge on any atom is -0.462 e. The molecule has 0 radical (unpaired) electrons. The van der Waals surface area contributed by atoms with Crippen LogP contribution < -0.4 is 10.9 Å². The highest BCUT2D eigenvalue weighted by molar-refractivity contribution is 6.12. The van der Waals surface area contributed by atoms with Gasteiger partial charge in [0.2, 0.25) is 0 Å². The second-order valence-electron chi connectivity index (χ2n) is 6.64. The highest BCUT2D eigenvalue weighted by atomic mass is 16.5. The van der Waals surface area contributed by atoms with Crippen LogP contribution in [0.1, 0.15) is 34.7 Å². The van der Waals surface area contributed by atoms with E-state index in [1.165, 1.54) is 6.07 Å². The highest BCUT2D eigenvalue weighted by Crippen LogP contribution is 2.27. The highest BCUT2D eigenvalue weighted by Gasteiger charge is 2.21. The molecular formula is C23H20N2O5. The summed E-state index contributed by atoms with van der Waals surface area (Å²) in [5, 5.41) is 3.86. The van der Waals surface area contributed by atoms with Gasteiger partial charge in [-0.3, -0.25) is 4.79 Å². The number of amides is 1. The molecule has 0 fully saturated rings. The lowest BCUT2D eigenvalue weighted by Crippen LogP contribution is -2.19. The Morgan fingerprint density at radius 1 is 1.03 bits per heavy atom. The summed E-state index contributed by atoms with van der Waals surface area (Å²) >= 11 is 0. The lowest BCUT2D eigenvalue weighted by atomic mass is 10.1. The number of hydrogen-bond donors (Lipinski definition) is 1. The average molecular weight is 404 g/mol. The molecule has 0 aliphatic rings. The summed E-state index contributed by atoms with van der Waals surface area (Å²) in [5.41, 5.74) is 1.50. The number of ether oxygens (including phenoxy) is 1. The molecule has 0 unspecified atom stereocenters. The molecule has 7 heteroatoms. The van der Waals surface area contributed by atoms with Gasteiger partial charge < -0.3 is 19.0 Å². The number of nitrogens with zero attached hydrogens (tertiary/aromatic N) is 1. The maximum absolute atomic E-state index is 13.1. The molecule has 30 heavy (non-hydrogen) atoms. The zero-order chi connectivity index (χ0) is 21.3. The fourth-order valence-electron chi connectivity index (χ4n) is 3.58. The van der Waals surface area contributed by atoms with Crippen LogP contribution >= 0.6 is 0 Å². The van der Waals surface area contributed by atoms with Crippen molar-refractivity contribution >= 4 is 39.4 Å². The number of fused-ring (bicyclic) bond motifs is 3. The Labute approximate surface area is 171 Å². The Kier molecular flexibility index (Phi) is 5.10. The molecule has 4 aromatic rings. The average Bonchev–Trinajstić information content (AvgIpc) is 3.15. The molecule has 0 bridgehead atoms. The van der Waals surface area contributed by atoms with E-state index in [1.54, 1.807) is 47.9 Å². The maximum Gasteiger partial charge on any atom is 0.345 e. The normalized spacial score (nSPS) is 11.0. The third-order valence-corrected chi connectivity index (χ3v) is 4.88. The van der Waals surface area contributed by atoms with E-state index in [9.17, 15) is 14.4 Å². The molecule has 2 heterocycles. The Bertz CT molecular complexity index is 1330. The van der Waals surface area contributed by atoms with E-state index in [0.717, 1.165) is 5.39 Å².